The van der Waals surface area contributed by atoms with E-state index in [1.54, 1.807) is 24.7 Å². The van der Waals surface area contributed by atoms with E-state index in [-0.39, 0.29) is 0 Å². The molecule has 76 valence electrons. The summed E-state index contributed by atoms with van der Waals surface area (Å²) in [6.07, 6.45) is 4.84. The molecule has 2 aromatic rings. The lowest BCUT2D eigenvalue weighted by Gasteiger charge is -2.04. The molecule has 0 aliphatic carbocycles. The number of hydrogen-bond donors (Lipinski definition) is 0. The Bertz CT molecular complexity index is 430. The van der Waals surface area contributed by atoms with Gasteiger partial charge in [-0.25, -0.2) is 4.98 Å². The topological polar surface area (TPSA) is 35.0 Å². The quantitative estimate of drug-likeness (QED) is 0.780. The van der Waals surface area contributed by atoms with E-state index in [0.29, 0.717) is 16.7 Å². The van der Waals surface area contributed by atoms with Crippen LogP contribution in [0.1, 0.15) is 5.56 Å². The molecule has 0 radical (unpaired) electrons. The Labute approximate surface area is 92.7 Å². The van der Waals surface area contributed by atoms with Gasteiger partial charge in [0, 0.05) is 24.5 Å². The van der Waals surface area contributed by atoms with Crippen LogP contribution >= 0.6 is 11.6 Å². The van der Waals surface area contributed by atoms with Crippen molar-refractivity contribution in [2.75, 3.05) is 0 Å². The van der Waals surface area contributed by atoms with Crippen LogP contribution in [0, 0.1) is 6.92 Å². The molecule has 0 saturated heterocycles. The molecule has 0 fully saturated rings. The lowest BCUT2D eigenvalue weighted by atomic mass is 10.3. The summed E-state index contributed by atoms with van der Waals surface area (Å²) in [4.78, 5) is 7.99. The molecule has 15 heavy (non-hydrogen) atoms. The molecule has 2 aromatic heterocycles. The number of aryl methyl sites for hydroxylation is 1. The molecule has 0 amide bonds. The fraction of sp³-hybridized carbons (Fsp3) is 0.0909. The molecule has 0 unspecified atom stereocenters. The Hall–Kier alpha value is -1.61. The molecule has 2 rings (SSSR count). The number of nitrogens with zero attached hydrogens (tertiary/aromatic N) is 2. The monoisotopic (exact) mass is 220 g/mol. The van der Waals surface area contributed by atoms with Gasteiger partial charge in [-0.05, 0) is 18.6 Å². The minimum absolute atomic E-state index is 0.541. The van der Waals surface area contributed by atoms with E-state index < -0.39 is 0 Å². The average Bonchev–Trinajstić information content (AvgIpc) is 2.17. The van der Waals surface area contributed by atoms with Crippen molar-refractivity contribution in [2.24, 2.45) is 0 Å². The minimum Gasteiger partial charge on any atom is -0.437 e. The van der Waals surface area contributed by atoms with Gasteiger partial charge in [-0.2, -0.15) is 0 Å². The molecule has 3 nitrogen and oxygen atoms in total. The fourth-order valence-corrected chi connectivity index (χ4v) is 1.30. The van der Waals surface area contributed by atoms with Gasteiger partial charge < -0.3 is 4.74 Å². The molecule has 0 saturated carbocycles. The maximum atomic E-state index is 5.78. The molecule has 2 heterocycles. The van der Waals surface area contributed by atoms with Crippen molar-refractivity contribution in [1.29, 1.82) is 0 Å². The van der Waals surface area contributed by atoms with Gasteiger partial charge in [-0.1, -0.05) is 11.6 Å². The van der Waals surface area contributed by atoms with E-state index in [0.717, 1.165) is 5.56 Å². The summed E-state index contributed by atoms with van der Waals surface area (Å²) in [5, 5.41) is 0.542. The Morgan fingerprint density at radius 3 is 2.87 bits per heavy atom. The molecule has 0 bridgehead atoms. The number of pyridine rings is 2. The summed E-state index contributed by atoms with van der Waals surface area (Å²) >= 11 is 5.78. The van der Waals surface area contributed by atoms with Gasteiger partial charge in [0.1, 0.15) is 5.75 Å². The zero-order chi connectivity index (χ0) is 10.7. The number of ether oxygens (including phenoxy) is 1. The van der Waals surface area contributed by atoms with Gasteiger partial charge in [0.2, 0.25) is 5.88 Å². The van der Waals surface area contributed by atoms with Crippen molar-refractivity contribution >= 4 is 11.6 Å². The second-order valence-electron chi connectivity index (χ2n) is 3.11. The molecule has 0 N–H and O–H groups in total. The van der Waals surface area contributed by atoms with E-state index >= 15 is 0 Å². The smallest absolute Gasteiger partial charge is 0.219 e. The lowest BCUT2D eigenvalue weighted by molar-refractivity contribution is 0.460. The largest absolute Gasteiger partial charge is 0.437 e. The van der Waals surface area contributed by atoms with Gasteiger partial charge >= 0.3 is 0 Å². The van der Waals surface area contributed by atoms with Crippen LogP contribution in [0.2, 0.25) is 5.02 Å². The first kappa shape index (κ1) is 9.93. The van der Waals surface area contributed by atoms with Gasteiger partial charge in [0.15, 0.2) is 0 Å². The predicted molar refractivity (Wildman–Crippen MR) is 58.3 cm³/mol. The van der Waals surface area contributed by atoms with Crippen LogP contribution in [0.15, 0.2) is 36.8 Å². The zero-order valence-electron chi connectivity index (χ0n) is 8.14. The standard InChI is InChI=1S/C11H9ClN2O/c1-8-2-3-14-11(4-8)15-10-5-9(12)6-13-7-10/h2-7H,1H3. The van der Waals surface area contributed by atoms with Crippen LogP contribution in [-0.4, -0.2) is 9.97 Å². The van der Waals surface area contributed by atoms with Crippen LogP contribution < -0.4 is 4.74 Å². The van der Waals surface area contributed by atoms with Crippen molar-refractivity contribution < 1.29 is 4.74 Å². The van der Waals surface area contributed by atoms with E-state index in [4.69, 9.17) is 16.3 Å². The number of aromatic nitrogens is 2. The zero-order valence-corrected chi connectivity index (χ0v) is 8.90. The fourth-order valence-electron chi connectivity index (χ4n) is 1.13. The Kier molecular flexibility index (Phi) is 2.83. The van der Waals surface area contributed by atoms with Crippen LogP contribution in [0.3, 0.4) is 0 Å². The maximum Gasteiger partial charge on any atom is 0.219 e. The normalized spacial score (nSPS) is 10.0. The summed E-state index contributed by atoms with van der Waals surface area (Å²) in [5.41, 5.74) is 1.09. The van der Waals surface area contributed by atoms with E-state index in [1.807, 2.05) is 19.1 Å². The van der Waals surface area contributed by atoms with Gasteiger partial charge in [0.25, 0.3) is 0 Å². The molecule has 0 aromatic carbocycles. The highest BCUT2D eigenvalue weighted by molar-refractivity contribution is 6.30. The predicted octanol–water partition coefficient (Wildman–Crippen LogP) is 3.23. The summed E-state index contributed by atoms with van der Waals surface area (Å²) in [6, 6.07) is 5.45. The van der Waals surface area contributed by atoms with Crippen LogP contribution in [0.5, 0.6) is 11.6 Å². The molecule has 0 aliphatic rings. The van der Waals surface area contributed by atoms with Crippen molar-refractivity contribution in [3.63, 3.8) is 0 Å². The van der Waals surface area contributed by atoms with Crippen molar-refractivity contribution in [3.05, 3.63) is 47.4 Å². The highest BCUT2D eigenvalue weighted by Gasteiger charge is 1.99. The van der Waals surface area contributed by atoms with Gasteiger partial charge in [-0.15, -0.1) is 0 Å². The molecule has 0 atom stereocenters. The summed E-state index contributed by atoms with van der Waals surface area (Å²) in [7, 11) is 0. The first-order valence-electron chi connectivity index (χ1n) is 4.45. The number of halogens is 1. The van der Waals surface area contributed by atoms with Crippen LogP contribution in [0.25, 0.3) is 0 Å². The Morgan fingerprint density at radius 2 is 2.13 bits per heavy atom. The lowest BCUT2D eigenvalue weighted by Crippen LogP contribution is -1.88. The van der Waals surface area contributed by atoms with Crippen molar-refractivity contribution in [1.82, 2.24) is 9.97 Å². The SMILES string of the molecule is Cc1ccnc(Oc2cncc(Cl)c2)c1. The summed E-state index contributed by atoms with van der Waals surface area (Å²) in [5.74, 6) is 1.12. The minimum atomic E-state index is 0.541. The van der Waals surface area contributed by atoms with E-state index in [1.165, 1.54) is 0 Å². The molecular weight excluding hydrogens is 212 g/mol. The molecule has 0 spiro atoms. The third-order valence-electron chi connectivity index (χ3n) is 1.79. The molecule has 0 aliphatic heterocycles. The number of rotatable bonds is 2. The molecular formula is C11H9ClN2O. The van der Waals surface area contributed by atoms with Gasteiger partial charge in [-0.3, -0.25) is 4.98 Å². The Morgan fingerprint density at radius 1 is 1.27 bits per heavy atom. The second kappa shape index (κ2) is 4.28. The third kappa shape index (κ3) is 2.67. The van der Waals surface area contributed by atoms with E-state index in [9.17, 15) is 0 Å². The second-order valence-corrected chi connectivity index (χ2v) is 3.55. The van der Waals surface area contributed by atoms with Crippen molar-refractivity contribution in [2.45, 2.75) is 6.92 Å². The summed E-state index contributed by atoms with van der Waals surface area (Å²) in [6.45, 7) is 1.98. The molecule has 4 heteroatoms. The number of hydrogen-bond acceptors (Lipinski definition) is 3. The first-order valence-corrected chi connectivity index (χ1v) is 4.83. The summed E-state index contributed by atoms with van der Waals surface area (Å²) < 4.78 is 5.48. The van der Waals surface area contributed by atoms with Crippen molar-refractivity contribution in [3.8, 4) is 11.6 Å². The van der Waals surface area contributed by atoms with Gasteiger partial charge in [0.05, 0.1) is 11.2 Å². The van der Waals surface area contributed by atoms with E-state index in [2.05, 4.69) is 9.97 Å². The highest BCUT2D eigenvalue weighted by atomic mass is 35.5. The third-order valence-corrected chi connectivity index (χ3v) is 2.00. The average molecular weight is 221 g/mol. The first-order chi connectivity index (χ1) is 7.24. The Balaban J connectivity index is 2.22. The highest BCUT2D eigenvalue weighted by Crippen LogP contribution is 2.21. The maximum absolute atomic E-state index is 5.78. The van der Waals surface area contributed by atoms with Crippen LogP contribution in [0.4, 0.5) is 0 Å². The van der Waals surface area contributed by atoms with Crippen LogP contribution in [-0.2, 0) is 0 Å².